The Morgan fingerprint density at radius 3 is 2.22 bits per heavy atom. The number of nitrogens with zero attached hydrogens (tertiary/aromatic N) is 4. The maximum atomic E-state index is 13.3. The predicted octanol–water partition coefficient (Wildman–Crippen LogP) is 6.45. The van der Waals surface area contributed by atoms with Crippen molar-refractivity contribution in [3.05, 3.63) is 84.2 Å². The van der Waals surface area contributed by atoms with Crippen molar-refractivity contribution >= 4 is 17.6 Å². The summed E-state index contributed by atoms with van der Waals surface area (Å²) in [5.41, 5.74) is 5.07. The lowest BCUT2D eigenvalue weighted by molar-refractivity contribution is 0.0369. The van der Waals surface area contributed by atoms with E-state index in [1.807, 2.05) is 91.0 Å². The predicted molar refractivity (Wildman–Crippen MR) is 158 cm³/mol. The van der Waals surface area contributed by atoms with Crippen molar-refractivity contribution in [3.8, 4) is 28.5 Å². The van der Waals surface area contributed by atoms with E-state index in [1.54, 1.807) is 12.1 Å². The SMILES string of the molecule is CCC1(NC(=O)OC(C)(C)C)CCN(C(=O)c2ccc(-c3ccc4ncc(-c5ccc(C#N)cc5)n4c3)cc2)CC1. The van der Waals surface area contributed by atoms with Crippen LogP contribution in [0.3, 0.4) is 0 Å². The summed E-state index contributed by atoms with van der Waals surface area (Å²) in [7, 11) is 0. The van der Waals surface area contributed by atoms with Gasteiger partial charge in [0.1, 0.15) is 11.2 Å². The minimum Gasteiger partial charge on any atom is -0.444 e. The number of fused-ring (bicyclic) bond motifs is 1. The molecule has 0 atom stereocenters. The number of amides is 2. The summed E-state index contributed by atoms with van der Waals surface area (Å²) in [6, 6.07) is 21.3. The maximum Gasteiger partial charge on any atom is 0.408 e. The van der Waals surface area contributed by atoms with Gasteiger partial charge >= 0.3 is 6.09 Å². The molecule has 2 amide bonds. The van der Waals surface area contributed by atoms with Crippen LogP contribution >= 0.6 is 0 Å². The molecule has 1 saturated heterocycles. The van der Waals surface area contributed by atoms with Crippen LogP contribution in [0, 0.1) is 11.3 Å². The van der Waals surface area contributed by atoms with Crippen LogP contribution in [-0.4, -0.2) is 50.5 Å². The average molecular weight is 550 g/mol. The number of hydrogen-bond donors (Lipinski definition) is 1. The largest absolute Gasteiger partial charge is 0.444 e. The monoisotopic (exact) mass is 549 g/mol. The smallest absolute Gasteiger partial charge is 0.408 e. The van der Waals surface area contributed by atoms with E-state index in [1.165, 1.54) is 0 Å². The van der Waals surface area contributed by atoms with Crippen molar-refractivity contribution in [2.24, 2.45) is 0 Å². The minimum atomic E-state index is -0.556. The van der Waals surface area contributed by atoms with Crippen molar-refractivity contribution in [1.82, 2.24) is 19.6 Å². The fraction of sp³-hybridized carbons (Fsp3) is 0.333. The number of piperidine rings is 1. The van der Waals surface area contributed by atoms with Crippen LogP contribution in [0.2, 0.25) is 0 Å². The number of benzene rings is 2. The van der Waals surface area contributed by atoms with E-state index >= 15 is 0 Å². The lowest BCUT2D eigenvalue weighted by Gasteiger charge is -2.42. The van der Waals surface area contributed by atoms with Gasteiger partial charge in [-0.1, -0.05) is 31.2 Å². The van der Waals surface area contributed by atoms with E-state index < -0.39 is 11.7 Å². The molecule has 8 heteroatoms. The first-order valence-corrected chi connectivity index (χ1v) is 14.0. The van der Waals surface area contributed by atoms with Crippen molar-refractivity contribution in [2.45, 2.75) is 58.1 Å². The molecule has 4 aromatic rings. The summed E-state index contributed by atoms with van der Waals surface area (Å²) in [5.74, 6) is -0.00770. The second-order valence-electron chi connectivity index (χ2n) is 11.6. The van der Waals surface area contributed by atoms with Gasteiger partial charge in [-0.05, 0) is 87.6 Å². The lowest BCUT2D eigenvalue weighted by Crippen LogP contribution is -2.56. The van der Waals surface area contributed by atoms with Crippen LogP contribution in [0.15, 0.2) is 73.1 Å². The normalized spacial score (nSPS) is 14.9. The Balaban J connectivity index is 1.27. The molecule has 1 aliphatic rings. The summed E-state index contributed by atoms with van der Waals surface area (Å²) < 4.78 is 7.51. The van der Waals surface area contributed by atoms with Gasteiger partial charge in [-0.25, -0.2) is 9.78 Å². The summed E-state index contributed by atoms with van der Waals surface area (Å²) in [6.45, 7) is 8.74. The molecule has 0 bridgehead atoms. The van der Waals surface area contributed by atoms with Gasteiger partial charge in [-0.2, -0.15) is 5.26 Å². The van der Waals surface area contributed by atoms with E-state index in [2.05, 4.69) is 23.3 Å². The first-order chi connectivity index (χ1) is 19.6. The van der Waals surface area contributed by atoms with E-state index in [9.17, 15) is 9.59 Å². The highest BCUT2D eigenvalue weighted by Gasteiger charge is 2.37. The number of alkyl carbamates (subject to hydrolysis) is 1. The number of hydrogen-bond acceptors (Lipinski definition) is 5. The zero-order chi connectivity index (χ0) is 29.2. The molecule has 2 aromatic carbocycles. The molecule has 3 heterocycles. The number of ether oxygens (including phenoxy) is 1. The number of imidazole rings is 1. The quantitative estimate of drug-likeness (QED) is 0.308. The molecule has 41 heavy (non-hydrogen) atoms. The minimum absolute atomic E-state index is 0.00770. The number of rotatable bonds is 5. The van der Waals surface area contributed by atoms with Gasteiger partial charge in [0.05, 0.1) is 23.5 Å². The maximum absolute atomic E-state index is 13.3. The van der Waals surface area contributed by atoms with Gasteiger partial charge in [0, 0.05) is 36.0 Å². The Bertz CT molecular complexity index is 1600. The fourth-order valence-corrected chi connectivity index (χ4v) is 5.29. The van der Waals surface area contributed by atoms with Gasteiger partial charge in [0.15, 0.2) is 0 Å². The van der Waals surface area contributed by atoms with Crippen LogP contribution < -0.4 is 5.32 Å². The third-order valence-corrected chi connectivity index (χ3v) is 7.73. The standard InChI is InChI=1S/C33H35N5O3/c1-5-33(36-31(40)41-32(2,3)4)16-18-37(19-17-33)30(39)26-12-10-24(11-13-26)27-14-15-29-35-21-28(38(29)22-27)25-8-6-23(20-34)7-9-25/h6-15,21-22H,5,16-19H2,1-4H3,(H,36,40). The molecule has 210 valence electrons. The molecule has 1 aliphatic heterocycles. The van der Waals surface area contributed by atoms with Crippen molar-refractivity contribution < 1.29 is 14.3 Å². The highest BCUT2D eigenvalue weighted by atomic mass is 16.6. The molecule has 5 rings (SSSR count). The summed E-state index contributed by atoms with van der Waals surface area (Å²) in [4.78, 5) is 32.1. The highest BCUT2D eigenvalue weighted by molar-refractivity contribution is 5.94. The Morgan fingerprint density at radius 1 is 0.976 bits per heavy atom. The number of carbonyl (C=O) groups excluding carboxylic acids is 2. The Hall–Kier alpha value is -4.64. The van der Waals surface area contributed by atoms with Crippen LogP contribution in [0.5, 0.6) is 0 Å². The zero-order valence-electron chi connectivity index (χ0n) is 24.0. The number of carbonyl (C=O) groups is 2. The van der Waals surface area contributed by atoms with Gasteiger partial charge in [0.25, 0.3) is 5.91 Å². The molecule has 0 radical (unpaired) electrons. The van der Waals surface area contributed by atoms with Crippen LogP contribution in [0.25, 0.3) is 28.0 Å². The summed E-state index contributed by atoms with van der Waals surface area (Å²) in [6.07, 6.45) is 5.60. The van der Waals surface area contributed by atoms with E-state index in [4.69, 9.17) is 10.00 Å². The molecule has 0 spiro atoms. The van der Waals surface area contributed by atoms with E-state index in [0.29, 0.717) is 37.1 Å². The Morgan fingerprint density at radius 2 is 1.61 bits per heavy atom. The van der Waals surface area contributed by atoms with Crippen molar-refractivity contribution in [3.63, 3.8) is 0 Å². The zero-order valence-corrected chi connectivity index (χ0v) is 24.0. The summed E-state index contributed by atoms with van der Waals surface area (Å²) in [5, 5.41) is 12.2. The van der Waals surface area contributed by atoms with Crippen molar-refractivity contribution in [2.75, 3.05) is 13.1 Å². The summed E-state index contributed by atoms with van der Waals surface area (Å²) >= 11 is 0. The average Bonchev–Trinajstić information content (AvgIpc) is 3.39. The number of pyridine rings is 1. The molecule has 0 aliphatic carbocycles. The first-order valence-electron chi connectivity index (χ1n) is 14.0. The van der Waals surface area contributed by atoms with E-state index in [0.717, 1.165) is 34.5 Å². The number of nitriles is 1. The lowest BCUT2D eigenvalue weighted by atomic mass is 9.85. The van der Waals surface area contributed by atoms with Gasteiger partial charge in [-0.15, -0.1) is 0 Å². The molecule has 2 aromatic heterocycles. The second kappa shape index (κ2) is 11.1. The highest BCUT2D eigenvalue weighted by Crippen LogP contribution is 2.29. The first kappa shape index (κ1) is 27.9. The molecule has 0 unspecified atom stereocenters. The number of nitrogens with one attached hydrogen (secondary N) is 1. The molecule has 8 nitrogen and oxygen atoms in total. The number of likely N-dealkylation sites (tertiary alicyclic amines) is 1. The van der Waals surface area contributed by atoms with E-state index in [-0.39, 0.29) is 11.4 Å². The van der Waals surface area contributed by atoms with Crippen LogP contribution in [-0.2, 0) is 4.74 Å². The molecule has 1 fully saturated rings. The second-order valence-corrected chi connectivity index (χ2v) is 11.6. The van der Waals surface area contributed by atoms with Gasteiger partial charge < -0.3 is 15.0 Å². The third kappa shape index (κ3) is 6.09. The van der Waals surface area contributed by atoms with Gasteiger partial charge in [0.2, 0.25) is 0 Å². The molecular formula is C33H35N5O3. The number of aromatic nitrogens is 2. The third-order valence-electron chi connectivity index (χ3n) is 7.73. The molecule has 1 N–H and O–H groups in total. The molecular weight excluding hydrogens is 514 g/mol. The topological polar surface area (TPSA) is 99.7 Å². The molecule has 0 saturated carbocycles. The Labute approximate surface area is 240 Å². The van der Waals surface area contributed by atoms with Crippen LogP contribution in [0.4, 0.5) is 4.79 Å². The van der Waals surface area contributed by atoms with Gasteiger partial charge in [-0.3, -0.25) is 9.20 Å². The van der Waals surface area contributed by atoms with Crippen LogP contribution in [0.1, 0.15) is 62.9 Å². The fourth-order valence-electron chi connectivity index (χ4n) is 5.29. The Kier molecular flexibility index (Phi) is 7.55. The van der Waals surface area contributed by atoms with Crippen molar-refractivity contribution in [1.29, 1.82) is 5.26 Å².